The summed E-state index contributed by atoms with van der Waals surface area (Å²) in [4.78, 5) is 0. The summed E-state index contributed by atoms with van der Waals surface area (Å²) in [6.45, 7) is 6.35. The lowest BCUT2D eigenvalue weighted by Gasteiger charge is -2.15. The summed E-state index contributed by atoms with van der Waals surface area (Å²) in [5.41, 5.74) is 5.58. The minimum atomic E-state index is -0.0500. The Morgan fingerprint density at radius 2 is 1.67 bits per heavy atom. The zero-order valence-electron chi connectivity index (χ0n) is 11.2. The van der Waals surface area contributed by atoms with E-state index in [1.807, 2.05) is 31.2 Å². The van der Waals surface area contributed by atoms with Gasteiger partial charge in [-0.3, -0.25) is 0 Å². The lowest BCUT2D eigenvalue weighted by Crippen LogP contribution is -2.30. The summed E-state index contributed by atoms with van der Waals surface area (Å²) in [7, 11) is 0. The minimum Gasteiger partial charge on any atom is -0.494 e. The van der Waals surface area contributed by atoms with Crippen LogP contribution >= 0.6 is 0 Å². The minimum absolute atomic E-state index is 0.0500. The van der Waals surface area contributed by atoms with Gasteiger partial charge < -0.3 is 19.9 Å². The standard InChI is InChI=1S/C14H23NO3/c1-3-9-17-12-5-7-13(8-6-12)18-11-14(10-15)16-4-2/h5-8,14H,3-4,9-11,15H2,1-2H3. The van der Waals surface area contributed by atoms with Crippen molar-refractivity contribution < 1.29 is 14.2 Å². The van der Waals surface area contributed by atoms with Crippen LogP contribution in [-0.4, -0.2) is 32.5 Å². The first-order valence-corrected chi connectivity index (χ1v) is 6.47. The van der Waals surface area contributed by atoms with Crippen molar-refractivity contribution in [3.63, 3.8) is 0 Å². The molecule has 0 aromatic heterocycles. The number of nitrogens with two attached hydrogens (primary N) is 1. The Morgan fingerprint density at radius 3 is 2.17 bits per heavy atom. The lowest BCUT2D eigenvalue weighted by molar-refractivity contribution is 0.0337. The highest BCUT2D eigenvalue weighted by atomic mass is 16.5. The molecule has 0 heterocycles. The van der Waals surface area contributed by atoms with Crippen LogP contribution < -0.4 is 15.2 Å². The van der Waals surface area contributed by atoms with Gasteiger partial charge in [-0.05, 0) is 37.6 Å². The Morgan fingerprint density at radius 1 is 1.06 bits per heavy atom. The Bertz CT molecular complexity index is 313. The first kappa shape index (κ1) is 14.8. The van der Waals surface area contributed by atoms with Gasteiger partial charge in [-0.1, -0.05) is 6.92 Å². The van der Waals surface area contributed by atoms with Crippen LogP contribution in [0.5, 0.6) is 11.5 Å². The third kappa shape index (κ3) is 5.38. The number of ether oxygens (including phenoxy) is 3. The molecule has 4 nitrogen and oxygen atoms in total. The molecule has 1 unspecified atom stereocenters. The Labute approximate surface area is 109 Å². The molecule has 1 rings (SSSR count). The van der Waals surface area contributed by atoms with Gasteiger partial charge in [0, 0.05) is 13.2 Å². The third-order valence-corrected chi connectivity index (χ3v) is 2.40. The third-order valence-electron chi connectivity index (χ3n) is 2.40. The van der Waals surface area contributed by atoms with E-state index >= 15 is 0 Å². The highest BCUT2D eigenvalue weighted by Crippen LogP contribution is 2.17. The van der Waals surface area contributed by atoms with Crippen LogP contribution in [0.1, 0.15) is 20.3 Å². The van der Waals surface area contributed by atoms with Gasteiger partial charge >= 0.3 is 0 Å². The van der Waals surface area contributed by atoms with Crippen LogP contribution in [0.2, 0.25) is 0 Å². The van der Waals surface area contributed by atoms with Crippen molar-refractivity contribution in [3.8, 4) is 11.5 Å². The summed E-state index contributed by atoms with van der Waals surface area (Å²) < 4.78 is 16.5. The van der Waals surface area contributed by atoms with E-state index in [4.69, 9.17) is 19.9 Å². The summed E-state index contributed by atoms with van der Waals surface area (Å²) in [5, 5.41) is 0. The molecule has 0 aliphatic rings. The molecule has 2 N–H and O–H groups in total. The van der Waals surface area contributed by atoms with E-state index in [1.165, 1.54) is 0 Å². The normalized spacial score (nSPS) is 12.2. The topological polar surface area (TPSA) is 53.7 Å². The summed E-state index contributed by atoms with van der Waals surface area (Å²) in [5.74, 6) is 1.67. The van der Waals surface area contributed by atoms with E-state index in [1.54, 1.807) is 0 Å². The fraction of sp³-hybridized carbons (Fsp3) is 0.571. The fourth-order valence-electron chi connectivity index (χ4n) is 1.46. The summed E-state index contributed by atoms with van der Waals surface area (Å²) >= 11 is 0. The van der Waals surface area contributed by atoms with Gasteiger partial charge in [-0.15, -0.1) is 0 Å². The fourth-order valence-corrected chi connectivity index (χ4v) is 1.46. The van der Waals surface area contributed by atoms with Crippen molar-refractivity contribution in [1.29, 1.82) is 0 Å². The monoisotopic (exact) mass is 253 g/mol. The zero-order valence-corrected chi connectivity index (χ0v) is 11.2. The first-order valence-electron chi connectivity index (χ1n) is 6.47. The Hall–Kier alpha value is -1.26. The highest BCUT2D eigenvalue weighted by molar-refractivity contribution is 5.31. The van der Waals surface area contributed by atoms with Crippen molar-refractivity contribution in [3.05, 3.63) is 24.3 Å². The predicted molar refractivity (Wildman–Crippen MR) is 72.2 cm³/mol. The van der Waals surface area contributed by atoms with Gasteiger partial charge in [0.2, 0.25) is 0 Å². The maximum absolute atomic E-state index is 5.61. The van der Waals surface area contributed by atoms with Crippen LogP contribution in [0, 0.1) is 0 Å². The second-order valence-corrected chi connectivity index (χ2v) is 3.94. The summed E-state index contributed by atoms with van der Waals surface area (Å²) in [6, 6.07) is 7.60. The lowest BCUT2D eigenvalue weighted by atomic mass is 10.3. The molecule has 0 bridgehead atoms. The maximum atomic E-state index is 5.61. The second-order valence-electron chi connectivity index (χ2n) is 3.94. The quantitative estimate of drug-likeness (QED) is 0.733. The molecule has 0 amide bonds. The number of hydrogen-bond acceptors (Lipinski definition) is 4. The largest absolute Gasteiger partial charge is 0.494 e. The molecule has 1 atom stereocenters. The molecule has 0 saturated heterocycles. The van der Waals surface area contributed by atoms with Gasteiger partial charge in [-0.25, -0.2) is 0 Å². The summed E-state index contributed by atoms with van der Waals surface area (Å²) in [6.07, 6.45) is 0.955. The Balaban J connectivity index is 2.38. The molecule has 0 saturated carbocycles. The highest BCUT2D eigenvalue weighted by Gasteiger charge is 2.06. The molecule has 0 aliphatic carbocycles. The van der Waals surface area contributed by atoms with Crippen molar-refractivity contribution >= 4 is 0 Å². The smallest absolute Gasteiger partial charge is 0.119 e. The van der Waals surface area contributed by atoms with E-state index in [0.717, 1.165) is 24.5 Å². The molecule has 18 heavy (non-hydrogen) atoms. The predicted octanol–water partition coefficient (Wildman–Crippen LogP) is 2.22. The van der Waals surface area contributed by atoms with Crippen molar-refractivity contribution in [2.24, 2.45) is 5.73 Å². The molecule has 0 radical (unpaired) electrons. The van der Waals surface area contributed by atoms with E-state index in [9.17, 15) is 0 Å². The molecular formula is C14H23NO3. The first-order chi connectivity index (χ1) is 8.80. The molecule has 0 aliphatic heterocycles. The SMILES string of the molecule is CCCOc1ccc(OCC(CN)OCC)cc1. The molecule has 4 heteroatoms. The van der Waals surface area contributed by atoms with Gasteiger partial charge in [0.25, 0.3) is 0 Å². The molecule has 102 valence electrons. The molecular weight excluding hydrogens is 230 g/mol. The van der Waals surface area contributed by atoms with Gasteiger partial charge in [0.1, 0.15) is 24.2 Å². The van der Waals surface area contributed by atoms with Crippen molar-refractivity contribution in [1.82, 2.24) is 0 Å². The van der Waals surface area contributed by atoms with E-state index in [0.29, 0.717) is 19.8 Å². The van der Waals surface area contributed by atoms with E-state index in [-0.39, 0.29) is 6.10 Å². The molecule has 0 spiro atoms. The maximum Gasteiger partial charge on any atom is 0.119 e. The number of hydrogen-bond donors (Lipinski definition) is 1. The average Bonchev–Trinajstić information content (AvgIpc) is 2.42. The van der Waals surface area contributed by atoms with Crippen LogP contribution in [0.15, 0.2) is 24.3 Å². The molecule has 1 aromatic carbocycles. The van der Waals surface area contributed by atoms with Crippen LogP contribution in [0.3, 0.4) is 0 Å². The van der Waals surface area contributed by atoms with Crippen molar-refractivity contribution in [2.75, 3.05) is 26.4 Å². The number of benzene rings is 1. The average molecular weight is 253 g/mol. The van der Waals surface area contributed by atoms with Crippen LogP contribution in [-0.2, 0) is 4.74 Å². The van der Waals surface area contributed by atoms with Gasteiger partial charge in [0.15, 0.2) is 0 Å². The van der Waals surface area contributed by atoms with Crippen molar-refractivity contribution in [2.45, 2.75) is 26.4 Å². The molecule has 1 aromatic rings. The van der Waals surface area contributed by atoms with Crippen LogP contribution in [0.4, 0.5) is 0 Å². The van der Waals surface area contributed by atoms with E-state index in [2.05, 4.69) is 6.92 Å². The molecule has 0 fully saturated rings. The van der Waals surface area contributed by atoms with Gasteiger partial charge in [-0.2, -0.15) is 0 Å². The van der Waals surface area contributed by atoms with E-state index < -0.39 is 0 Å². The Kier molecular flexibility index (Phi) is 7.22. The zero-order chi connectivity index (χ0) is 13.2. The van der Waals surface area contributed by atoms with Gasteiger partial charge in [0.05, 0.1) is 6.61 Å². The second kappa shape index (κ2) is 8.78. The number of rotatable bonds is 9. The van der Waals surface area contributed by atoms with Crippen LogP contribution in [0.25, 0.3) is 0 Å².